The summed E-state index contributed by atoms with van der Waals surface area (Å²) in [6, 6.07) is 11.1. The van der Waals surface area contributed by atoms with Crippen LogP contribution in [0.5, 0.6) is 0 Å². The van der Waals surface area contributed by atoms with E-state index in [4.69, 9.17) is 0 Å². The van der Waals surface area contributed by atoms with Crippen molar-refractivity contribution in [1.82, 2.24) is 10.2 Å². The Morgan fingerprint density at radius 1 is 1.37 bits per heavy atom. The number of nitrogens with one attached hydrogen (secondary N) is 1. The van der Waals surface area contributed by atoms with E-state index in [9.17, 15) is 4.79 Å². The zero-order chi connectivity index (χ0) is 13.5. The van der Waals surface area contributed by atoms with Crippen LogP contribution in [0.3, 0.4) is 0 Å². The SMILES string of the molecule is CCN1CCCCC1C(Cc1ccccc1)NC=O. The number of hydrogen-bond donors (Lipinski definition) is 1. The molecule has 1 aromatic carbocycles. The summed E-state index contributed by atoms with van der Waals surface area (Å²) in [5.74, 6) is 0. The van der Waals surface area contributed by atoms with Gasteiger partial charge in [-0.2, -0.15) is 0 Å². The van der Waals surface area contributed by atoms with Gasteiger partial charge in [-0.1, -0.05) is 43.7 Å². The fourth-order valence-electron chi connectivity index (χ4n) is 3.13. The molecule has 2 rings (SSSR count). The van der Waals surface area contributed by atoms with E-state index >= 15 is 0 Å². The summed E-state index contributed by atoms with van der Waals surface area (Å²) in [7, 11) is 0. The van der Waals surface area contributed by atoms with E-state index in [0.29, 0.717) is 6.04 Å². The van der Waals surface area contributed by atoms with Crippen molar-refractivity contribution < 1.29 is 4.79 Å². The van der Waals surface area contributed by atoms with Crippen LogP contribution in [0.1, 0.15) is 31.7 Å². The standard InChI is InChI=1S/C16H24N2O/c1-2-18-11-7-6-10-16(18)15(17-13-19)12-14-8-4-3-5-9-14/h3-5,8-9,13,15-16H,2,6-7,10-12H2,1H3,(H,17,19). The Balaban J connectivity index is 2.07. The molecule has 1 amide bonds. The van der Waals surface area contributed by atoms with Crippen LogP contribution < -0.4 is 5.32 Å². The van der Waals surface area contributed by atoms with Gasteiger partial charge in [0.1, 0.15) is 0 Å². The molecule has 0 aliphatic carbocycles. The third kappa shape index (κ3) is 3.80. The first-order valence-corrected chi connectivity index (χ1v) is 7.32. The highest BCUT2D eigenvalue weighted by Gasteiger charge is 2.28. The van der Waals surface area contributed by atoms with E-state index in [0.717, 1.165) is 25.9 Å². The second-order valence-corrected chi connectivity index (χ2v) is 5.27. The van der Waals surface area contributed by atoms with E-state index in [2.05, 4.69) is 41.4 Å². The molecule has 1 fully saturated rings. The van der Waals surface area contributed by atoms with Crippen molar-refractivity contribution in [1.29, 1.82) is 0 Å². The maximum atomic E-state index is 10.9. The lowest BCUT2D eigenvalue weighted by atomic mass is 9.91. The van der Waals surface area contributed by atoms with Crippen molar-refractivity contribution in [3.8, 4) is 0 Å². The maximum absolute atomic E-state index is 10.9. The van der Waals surface area contributed by atoms with Gasteiger partial charge >= 0.3 is 0 Å². The van der Waals surface area contributed by atoms with Crippen molar-refractivity contribution in [3.63, 3.8) is 0 Å². The lowest BCUT2D eigenvalue weighted by Gasteiger charge is -2.39. The highest BCUT2D eigenvalue weighted by Crippen LogP contribution is 2.21. The van der Waals surface area contributed by atoms with Gasteiger partial charge in [0.15, 0.2) is 0 Å². The summed E-state index contributed by atoms with van der Waals surface area (Å²) in [4.78, 5) is 13.4. The van der Waals surface area contributed by atoms with Gasteiger partial charge in [-0.3, -0.25) is 9.69 Å². The Bertz CT molecular complexity index is 380. The summed E-state index contributed by atoms with van der Waals surface area (Å²) in [5, 5.41) is 3.04. The molecule has 0 bridgehead atoms. The average molecular weight is 260 g/mol. The largest absolute Gasteiger partial charge is 0.354 e. The normalized spacial score (nSPS) is 21.8. The second-order valence-electron chi connectivity index (χ2n) is 5.27. The minimum Gasteiger partial charge on any atom is -0.354 e. The molecule has 0 spiro atoms. The molecular weight excluding hydrogens is 236 g/mol. The molecular formula is C16H24N2O. The van der Waals surface area contributed by atoms with Crippen molar-refractivity contribution in [2.45, 2.75) is 44.7 Å². The van der Waals surface area contributed by atoms with Gasteiger partial charge in [0.05, 0.1) is 0 Å². The summed E-state index contributed by atoms with van der Waals surface area (Å²) in [5.41, 5.74) is 1.29. The summed E-state index contributed by atoms with van der Waals surface area (Å²) in [6.07, 6.45) is 5.51. The molecule has 2 unspecified atom stereocenters. The van der Waals surface area contributed by atoms with Gasteiger partial charge in [0, 0.05) is 12.1 Å². The first kappa shape index (κ1) is 14.1. The fraction of sp³-hybridized carbons (Fsp3) is 0.562. The predicted octanol–water partition coefficient (Wildman–Crippen LogP) is 2.22. The summed E-state index contributed by atoms with van der Waals surface area (Å²) in [6.45, 7) is 4.43. The first-order chi connectivity index (χ1) is 9.35. The number of piperidine rings is 1. The molecule has 2 atom stereocenters. The number of benzene rings is 1. The number of nitrogens with zero attached hydrogens (tertiary/aromatic N) is 1. The Labute approximate surface area is 116 Å². The van der Waals surface area contributed by atoms with Crippen LogP contribution in [-0.4, -0.2) is 36.5 Å². The third-order valence-corrected chi connectivity index (χ3v) is 4.12. The van der Waals surface area contributed by atoms with Crippen molar-refractivity contribution in [3.05, 3.63) is 35.9 Å². The Hall–Kier alpha value is -1.35. The maximum Gasteiger partial charge on any atom is 0.207 e. The molecule has 0 saturated carbocycles. The van der Waals surface area contributed by atoms with Crippen LogP contribution in [0.2, 0.25) is 0 Å². The molecule has 0 radical (unpaired) electrons. The fourth-order valence-corrected chi connectivity index (χ4v) is 3.13. The van der Waals surface area contributed by atoms with Crippen LogP contribution in [0.15, 0.2) is 30.3 Å². The first-order valence-electron chi connectivity index (χ1n) is 7.32. The Morgan fingerprint density at radius 3 is 2.84 bits per heavy atom. The molecule has 1 saturated heterocycles. The number of carbonyl (C=O) groups excluding carboxylic acids is 1. The van der Waals surface area contributed by atoms with Crippen LogP contribution in [0.4, 0.5) is 0 Å². The number of likely N-dealkylation sites (N-methyl/N-ethyl adjacent to an activating group) is 1. The summed E-state index contributed by atoms with van der Waals surface area (Å²) < 4.78 is 0. The van der Waals surface area contributed by atoms with Crippen LogP contribution in [0.25, 0.3) is 0 Å². The van der Waals surface area contributed by atoms with Gasteiger partial charge in [0.25, 0.3) is 0 Å². The minimum atomic E-state index is 0.222. The molecule has 0 aromatic heterocycles. The molecule has 19 heavy (non-hydrogen) atoms. The number of likely N-dealkylation sites (tertiary alicyclic amines) is 1. The number of rotatable bonds is 6. The molecule has 1 heterocycles. The molecule has 1 aromatic rings. The van der Waals surface area contributed by atoms with Gasteiger partial charge in [-0.05, 0) is 37.9 Å². The van der Waals surface area contributed by atoms with Crippen molar-refractivity contribution >= 4 is 6.41 Å². The average Bonchev–Trinajstić information content (AvgIpc) is 2.48. The zero-order valence-electron chi connectivity index (χ0n) is 11.7. The zero-order valence-corrected chi connectivity index (χ0v) is 11.7. The quantitative estimate of drug-likeness (QED) is 0.795. The van der Waals surface area contributed by atoms with Crippen LogP contribution in [0, 0.1) is 0 Å². The van der Waals surface area contributed by atoms with Crippen LogP contribution >= 0.6 is 0 Å². The number of carbonyl (C=O) groups is 1. The van der Waals surface area contributed by atoms with E-state index < -0.39 is 0 Å². The van der Waals surface area contributed by atoms with E-state index in [1.165, 1.54) is 24.8 Å². The predicted molar refractivity (Wildman–Crippen MR) is 78.0 cm³/mol. The highest BCUT2D eigenvalue weighted by molar-refractivity contribution is 5.47. The monoisotopic (exact) mass is 260 g/mol. The van der Waals surface area contributed by atoms with Crippen molar-refractivity contribution in [2.75, 3.05) is 13.1 Å². The minimum absolute atomic E-state index is 0.222. The molecule has 1 aliphatic heterocycles. The number of hydrogen-bond acceptors (Lipinski definition) is 2. The molecule has 104 valence electrons. The molecule has 1 aliphatic rings. The van der Waals surface area contributed by atoms with Crippen molar-refractivity contribution in [2.24, 2.45) is 0 Å². The van der Waals surface area contributed by atoms with Gasteiger partial charge in [-0.15, -0.1) is 0 Å². The number of amides is 1. The highest BCUT2D eigenvalue weighted by atomic mass is 16.1. The molecule has 3 nitrogen and oxygen atoms in total. The smallest absolute Gasteiger partial charge is 0.207 e. The second kappa shape index (κ2) is 7.29. The topological polar surface area (TPSA) is 32.3 Å². The molecule has 1 N–H and O–H groups in total. The van der Waals surface area contributed by atoms with Gasteiger partial charge in [-0.25, -0.2) is 0 Å². The van der Waals surface area contributed by atoms with E-state index in [1.54, 1.807) is 0 Å². The Morgan fingerprint density at radius 2 is 2.16 bits per heavy atom. The lowest BCUT2D eigenvalue weighted by molar-refractivity contribution is -0.110. The van der Waals surface area contributed by atoms with Crippen LogP contribution in [-0.2, 0) is 11.2 Å². The lowest BCUT2D eigenvalue weighted by Crippen LogP contribution is -2.52. The van der Waals surface area contributed by atoms with Gasteiger partial charge < -0.3 is 5.32 Å². The van der Waals surface area contributed by atoms with Gasteiger partial charge in [0.2, 0.25) is 6.41 Å². The van der Waals surface area contributed by atoms with E-state index in [1.807, 2.05) is 6.07 Å². The van der Waals surface area contributed by atoms with E-state index in [-0.39, 0.29) is 6.04 Å². The third-order valence-electron chi connectivity index (χ3n) is 4.12. The molecule has 3 heteroatoms. The summed E-state index contributed by atoms with van der Waals surface area (Å²) >= 11 is 0. The Kier molecular flexibility index (Phi) is 5.40.